The molecule has 1 aliphatic heterocycles. The molecule has 1 aromatic rings. The zero-order chi connectivity index (χ0) is 24.7. The summed E-state index contributed by atoms with van der Waals surface area (Å²) in [7, 11) is -1.73. The third kappa shape index (κ3) is 3.57. The first kappa shape index (κ1) is 24.6. The van der Waals surface area contributed by atoms with E-state index in [1.807, 2.05) is 0 Å². The van der Waals surface area contributed by atoms with Crippen molar-refractivity contribution in [2.24, 2.45) is 17.8 Å². The second-order valence-electron chi connectivity index (χ2n) is 14.7. The summed E-state index contributed by atoms with van der Waals surface area (Å²) in [5, 5.41) is 0. The van der Waals surface area contributed by atoms with Gasteiger partial charge >= 0.3 is 0 Å². The molecule has 3 aliphatic carbocycles. The molecule has 2 fully saturated rings. The van der Waals surface area contributed by atoms with Crippen LogP contribution < -0.4 is 0 Å². The summed E-state index contributed by atoms with van der Waals surface area (Å²) in [5.74, 6) is 2.26. The van der Waals surface area contributed by atoms with Crippen LogP contribution >= 0.6 is 0 Å². The molecule has 5 rings (SSSR count). The highest BCUT2D eigenvalue weighted by Gasteiger charge is 2.60. The predicted octanol–water partition coefficient (Wildman–Crippen LogP) is 8.97. The smallest absolute Gasteiger partial charge is 0.133 e. The number of fused-ring (bicyclic) bond motifs is 4. The summed E-state index contributed by atoms with van der Waals surface area (Å²) in [5.41, 5.74) is 7.67. The van der Waals surface area contributed by atoms with Crippen molar-refractivity contribution in [3.8, 4) is 0 Å². The van der Waals surface area contributed by atoms with E-state index in [-0.39, 0.29) is 16.5 Å². The van der Waals surface area contributed by atoms with Crippen molar-refractivity contribution in [2.75, 3.05) is 0 Å². The van der Waals surface area contributed by atoms with Gasteiger partial charge in [0.1, 0.15) is 8.24 Å². The first-order chi connectivity index (χ1) is 15.8. The third-order valence-corrected chi connectivity index (χ3v) is 16.8. The molecule has 1 saturated carbocycles. The maximum absolute atomic E-state index is 3.14. The first-order valence-corrected chi connectivity index (χ1v) is 16.6. The van der Waals surface area contributed by atoms with E-state index in [9.17, 15) is 0 Å². The Balaban J connectivity index is 1.66. The van der Waals surface area contributed by atoms with Gasteiger partial charge in [0.25, 0.3) is 0 Å². The first-order valence-electron chi connectivity index (χ1n) is 14.1. The summed E-state index contributed by atoms with van der Waals surface area (Å²) in [6, 6.07) is 12.3. The minimum atomic E-state index is -1.73. The third-order valence-electron chi connectivity index (χ3n) is 9.89. The second kappa shape index (κ2) is 7.94. The molecule has 1 aromatic carbocycles. The van der Waals surface area contributed by atoms with Crippen LogP contribution in [0.5, 0.6) is 0 Å². The lowest BCUT2D eigenvalue weighted by Crippen LogP contribution is -2.70. The van der Waals surface area contributed by atoms with Crippen LogP contribution in [0.25, 0.3) is 5.57 Å². The van der Waals surface area contributed by atoms with Crippen LogP contribution in [0.15, 0.2) is 42.0 Å². The fourth-order valence-corrected chi connectivity index (χ4v) is 18.0. The van der Waals surface area contributed by atoms with E-state index in [1.165, 1.54) is 48.9 Å². The molecule has 4 atom stereocenters. The van der Waals surface area contributed by atoms with Crippen molar-refractivity contribution < 1.29 is 0 Å². The normalized spacial score (nSPS) is 32.1. The molecule has 2 heteroatoms. The Morgan fingerprint density at radius 3 is 2.12 bits per heavy atom. The average molecular weight is 476 g/mol. The molecular weight excluding hydrogens is 426 g/mol. The van der Waals surface area contributed by atoms with Crippen molar-refractivity contribution >= 4 is 13.8 Å². The maximum atomic E-state index is 3.14. The van der Waals surface area contributed by atoms with E-state index in [0.29, 0.717) is 5.92 Å². The minimum absolute atomic E-state index is 0.136. The monoisotopic (exact) mass is 475 g/mol. The molecule has 1 saturated heterocycles. The van der Waals surface area contributed by atoms with Crippen LogP contribution in [-0.4, -0.2) is 23.9 Å². The number of rotatable bonds is 2. The standard InChI is InChI=1S/C32H49NSi/c1-22-19-23-20-28-26(24-15-11-12-16-27(24)32(28,8)9)21-25(23)29(22)34(17-13-10-14-18-34)33(30(2,3)4)31(5,6)7/h11-12,15-16,20-23,25,29H,10,13-14,17-19H2,1-9H3. The topological polar surface area (TPSA) is 3.24 Å². The Kier molecular flexibility index (Phi) is 5.74. The Morgan fingerprint density at radius 2 is 1.50 bits per heavy atom. The fraction of sp³-hybridized carbons (Fsp3) is 0.688. The lowest BCUT2D eigenvalue weighted by molar-refractivity contribution is 0.115. The van der Waals surface area contributed by atoms with Crippen molar-refractivity contribution in [1.29, 1.82) is 0 Å². The van der Waals surface area contributed by atoms with Crippen LogP contribution in [0.2, 0.25) is 17.6 Å². The van der Waals surface area contributed by atoms with E-state index in [0.717, 1.165) is 17.4 Å². The molecule has 0 amide bonds. The molecule has 34 heavy (non-hydrogen) atoms. The molecule has 0 spiro atoms. The zero-order valence-corrected chi connectivity index (χ0v) is 24.5. The number of hydrogen-bond acceptors (Lipinski definition) is 1. The molecule has 4 unspecified atom stereocenters. The van der Waals surface area contributed by atoms with E-state index in [4.69, 9.17) is 0 Å². The number of benzene rings is 1. The van der Waals surface area contributed by atoms with Gasteiger partial charge < -0.3 is 4.57 Å². The van der Waals surface area contributed by atoms with Crippen molar-refractivity contribution in [3.63, 3.8) is 0 Å². The van der Waals surface area contributed by atoms with Gasteiger partial charge in [-0.3, -0.25) is 0 Å². The average Bonchev–Trinajstić information content (AvgIpc) is 3.16. The van der Waals surface area contributed by atoms with Crippen LogP contribution in [0.4, 0.5) is 0 Å². The molecular formula is C32H49NSi. The van der Waals surface area contributed by atoms with Gasteiger partial charge in [0.15, 0.2) is 0 Å². The van der Waals surface area contributed by atoms with Gasteiger partial charge in [-0.2, -0.15) is 0 Å². The van der Waals surface area contributed by atoms with Crippen LogP contribution in [-0.2, 0) is 5.41 Å². The fourth-order valence-electron chi connectivity index (χ4n) is 9.66. The summed E-state index contributed by atoms with van der Waals surface area (Å²) in [6.07, 6.45) is 11.3. The molecule has 1 heterocycles. The number of nitrogens with zero attached hydrogens (tertiary/aromatic N) is 1. The van der Waals surface area contributed by atoms with Gasteiger partial charge in [0.2, 0.25) is 0 Å². The molecule has 4 aliphatic rings. The van der Waals surface area contributed by atoms with E-state index < -0.39 is 8.24 Å². The van der Waals surface area contributed by atoms with Crippen LogP contribution in [0.3, 0.4) is 0 Å². The van der Waals surface area contributed by atoms with Crippen LogP contribution in [0, 0.1) is 17.8 Å². The Labute approximate surface area is 211 Å². The second-order valence-corrected chi connectivity index (χ2v) is 19.0. The van der Waals surface area contributed by atoms with Gasteiger partial charge in [0.05, 0.1) is 0 Å². The lowest BCUT2D eigenvalue weighted by atomic mass is 9.76. The largest absolute Gasteiger partial charge is 0.314 e. The van der Waals surface area contributed by atoms with Gasteiger partial charge in [-0.15, -0.1) is 0 Å². The van der Waals surface area contributed by atoms with Crippen molar-refractivity contribution in [2.45, 2.75) is 122 Å². The quantitative estimate of drug-likeness (QED) is 0.386. The summed E-state index contributed by atoms with van der Waals surface area (Å²) >= 11 is 0. The molecule has 0 aromatic heterocycles. The van der Waals surface area contributed by atoms with Crippen LogP contribution in [0.1, 0.15) is 99.1 Å². The zero-order valence-electron chi connectivity index (χ0n) is 23.5. The van der Waals surface area contributed by atoms with E-state index in [2.05, 4.69) is 103 Å². The maximum Gasteiger partial charge on any atom is 0.133 e. The Bertz CT molecular complexity index is 994. The summed E-state index contributed by atoms with van der Waals surface area (Å²) in [6.45, 7) is 22.6. The Hall–Kier alpha value is -1.12. The highest BCUT2D eigenvalue weighted by Crippen LogP contribution is 2.63. The molecule has 0 bridgehead atoms. The van der Waals surface area contributed by atoms with Gasteiger partial charge in [0, 0.05) is 16.5 Å². The molecule has 1 nitrogen and oxygen atoms in total. The highest BCUT2D eigenvalue weighted by atomic mass is 28.3. The van der Waals surface area contributed by atoms with Gasteiger partial charge in [-0.05, 0) is 106 Å². The van der Waals surface area contributed by atoms with E-state index in [1.54, 1.807) is 11.1 Å². The summed E-state index contributed by atoms with van der Waals surface area (Å²) in [4.78, 5) is 0. The van der Waals surface area contributed by atoms with Gasteiger partial charge in [-0.25, -0.2) is 0 Å². The van der Waals surface area contributed by atoms with Gasteiger partial charge in [-0.1, -0.05) is 76.5 Å². The number of allylic oxidation sites excluding steroid dienone is 4. The summed E-state index contributed by atoms with van der Waals surface area (Å²) < 4.78 is 3.14. The highest BCUT2D eigenvalue weighted by molar-refractivity contribution is 6.79. The molecule has 186 valence electrons. The number of hydrogen-bond donors (Lipinski definition) is 0. The van der Waals surface area contributed by atoms with Crippen molar-refractivity contribution in [3.05, 3.63) is 53.1 Å². The molecule has 0 radical (unpaired) electrons. The predicted molar refractivity (Wildman–Crippen MR) is 151 cm³/mol. The van der Waals surface area contributed by atoms with E-state index >= 15 is 0 Å². The molecule has 0 N–H and O–H groups in total. The SMILES string of the molecule is CC1CC2C=C3C(=CC2C1[Si]1(N(C(C)(C)C)C(C)(C)C)CCCCC1)c1ccccc1C3(C)C. The lowest BCUT2D eigenvalue weighted by Gasteiger charge is -2.61. The van der Waals surface area contributed by atoms with Crippen molar-refractivity contribution in [1.82, 2.24) is 4.57 Å². The Morgan fingerprint density at radius 1 is 0.882 bits per heavy atom. The minimum Gasteiger partial charge on any atom is -0.314 e.